The molecule has 1 atom stereocenters. The first-order valence-corrected chi connectivity index (χ1v) is 6.00. The van der Waals surface area contributed by atoms with Crippen molar-refractivity contribution in [2.75, 3.05) is 11.4 Å². The molecule has 2 heterocycles. The fourth-order valence-electron chi connectivity index (χ4n) is 2.29. The van der Waals surface area contributed by atoms with Crippen molar-refractivity contribution in [2.45, 2.75) is 38.6 Å². The number of nitrogens with zero attached hydrogens (tertiary/aromatic N) is 3. The van der Waals surface area contributed by atoms with Crippen molar-refractivity contribution < 1.29 is 9.90 Å². The van der Waals surface area contributed by atoms with E-state index >= 15 is 0 Å². The lowest BCUT2D eigenvalue weighted by molar-refractivity contribution is -0.137. The van der Waals surface area contributed by atoms with Crippen molar-refractivity contribution in [3.8, 4) is 0 Å². The minimum absolute atomic E-state index is 0.0760. The number of aromatic nitrogens is 2. The molecule has 1 fully saturated rings. The molecule has 17 heavy (non-hydrogen) atoms. The van der Waals surface area contributed by atoms with Gasteiger partial charge in [-0.25, -0.2) is 9.97 Å². The number of carboxylic acid groups (broad SMARTS) is 1. The van der Waals surface area contributed by atoms with Crippen LogP contribution in [0.1, 0.15) is 31.9 Å². The molecular weight excluding hydrogens is 218 g/mol. The lowest BCUT2D eigenvalue weighted by Crippen LogP contribution is -2.32. The van der Waals surface area contributed by atoms with Crippen molar-refractivity contribution in [3.63, 3.8) is 0 Å². The Hall–Kier alpha value is -1.65. The largest absolute Gasteiger partial charge is 0.481 e. The molecule has 0 aliphatic carbocycles. The highest BCUT2D eigenvalue weighted by Gasteiger charge is 2.27. The quantitative estimate of drug-likeness (QED) is 0.856. The maximum Gasteiger partial charge on any atom is 0.305 e. The standard InChI is InChI=1S/C12H17N3O2/c1-2-9-6-11(14-8-13-9)15-5-3-4-10(15)7-12(16)17/h6,8,10H,2-5,7H2,1H3,(H,16,17). The monoisotopic (exact) mass is 235 g/mol. The lowest BCUT2D eigenvalue weighted by atomic mass is 10.1. The third kappa shape index (κ3) is 2.72. The maximum absolute atomic E-state index is 10.8. The highest BCUT2D eigenvalue weighted by Crippen LogP contribution is 2.25. The van der Waals surface area contributed by atoms with Gasteiger partial charge in [-0.2, -0.15) is 0 Å². The number of rotatable bonds is 4. The number of carbonyl (C=O) groups is 1. The molecule has 1 N–H and O–H groups in total. The Kier molecular flexibility index (Phi) is 3.56. The van der Waals surface area contributed by atoms with Crippen LogP contribution >= 0.6 is 0 Å². The van der Waals surface area contributed by atoms with Crippen LogP contribution in [0.3, 0.4) is 0 Å². The summed E-state index contributed by atoms with van der Waals surface area (Å²) in [6, 6.07) is 2.03. The van der Waals surface area contributed by atoms with E-state index in [0.717, 1.165) is 37.3 Å². The molecule has 1 saturated heterocycles. The fraction of sp³-hybridized carbons (Fsp3) is 0.583. The predicted octanol–water partition coefficient (Wildman–Crippen LogP) is 1.48. The van der Waals surface area contributed by atoms with Gasteiger partial charge in [0.1, 0.15) is 12.1 Å². The Morgan fingerprint density at radius 3 is 3.12 bits per heavy atom. The lowest BCUT2D eigenvalue weighted by Gasteiger charge is -2.24. The summed E-state index contributed by atoms with van der Waals surface area (Å²) >= 11 is 0. The summed E-state index contributed by atoms with van der Waals surface area (Å²) in [5, 5.41) is 8.88. The van der Waals surface area contributed by atoms with Gasteiger partial charge >= 0.3 is 5.97 Å². The van der Waals surface area contributed by atoms with E-state index in [1.165, 1.54) is 0 Å². The molecule has 2 rings (SSSR count). The summed E-state index contributed by atoms with van der Waals surface area (Å²) in [5.41, 5.74) is 0.996. The van der Waals surface area contributed by atoms with Crippen molar-refractivity contribution >= 4 is 11.8 Å². The average molecular weight is 235 g/mol. The Balaban J connectivity index is 2.16. The van der Waals surface area contributed by atoms with Crippen LogP contribution in [0.25, 0.3) is 0 Å². The van der Waals surface area contributed by atoms with Gasteiger partial charge < -0.3 is 10.0 Å². The van der Waals surface area contributed by atoms with Gasteiger partial charge in [-0.05, 0) is 19.3 Å². The maximum atomic E-state index is 10.8. The molecule has 0 radical (unpaired) electrons. The molecule has 0 amide bonds. The summed E-state index contributed by atoms with van der Waals surface area (Å²) < 4.78 is 0. The topological polar surface area (TPSA) is 66.3 Å². The SMILES string of the molecule is CCc1cc(N2CCCC2CC(=O)O)ncn1. The van der Waals surface area contributed by atoms with E-state index in [9.17, 15) is 4.79 Å². The number of hydrogen-bond donors (Lipinski definition) is 1. The molecule has 92 valence electrons. The van der Waals surface area contributed by atoms with E-state index in [4.69, 9.17) is 5.11 Å². The third-order valence-corrected chi connectivity index (χ3v) is 3.15. The summed E-state index contributed by atoms with van der Waals surface area (Å²) in [7, 11) is 0. The van der Waals surface area contributed by atoms with Gasteiger partial charge in [0.15, 0.2) is 0 Å². The third-order valence-electron chi connectivity index (χ3n) is 3.15. The molecule has 1 aromatic rings. The van der Waals surface area contributed by atoms with Crippen molar-refractivity contribution in [1.29, 1.82) is 0 Å². The van der Waals surface area contributed by atoms with Crippen LogP contribution in [0.4, 0.5) is 5.82 Å². The van der Waals surface area contributed by atoms with Crippen LogP contribution < -0.4 is 4.90 Å². The minimum atomic E-state index is -0.744. The van der Waals surface area contributed by atoms with Crippen LogP contribution in [-0.4, -0.2) is 33.6 Å². The second-order valence-corrected chi connectivity index (χ2v) is 4.31. The van der Waals surface area contributed by atoms with E-state index in [1.54, 1.807) is 6.33 Å². The van der Waals surface area contributed by atoms with Gasteiger partial charge in [-0.1, -0.05) is 6.92 Å². The Morgan fingerprint density at radius 2 is 2.41 bits per heavy atom. The van der Waals surface area contributed by atoms with Crippen LogP contribution in [0.2, 0.25) is 0 Å². The first-order chi connectivity index (χ1) is 8.20. The zero-order chi connectivity index (χ0) is 12.3. The number of aryl methyl sites for hydroxylation is 1. The van der Waals surface area contributed by atoms with E-state index < -0.39 is 5.97 Å². The Bertz CT molecular complexity index is 408. The first-order valence-electron chi connectivity index (χ1n) is 6.00. The van der Waals surface area contributed by atoms with Gasteiger partial charge in [0.05, 0.1) is 6.42 Å². The summed E-state index contributed by atoms with van der Waals surface area (Å²) in [4.78, 5) is 21.3. The van der Waals surface area contributed by atoms with E-state index in [-0.39, 0.29) is 12.5 Å². The fourth-order valence-corrected chi connectivity index (χ4v) is 2.29. The van der Waals surface area contributed by atoms with Crippen molar-refractivity contribution in [3.05, 3.63) is 18.1 Å². The smallest absolute Gasteiger partial charge is 0.305 e. The van der Waals surface area contributed by atoms with Crippen LogP contribution in [-0.2, 0) is 11.2 Å². The number of anilines is 1. The second kappa shape index (κ2) is 5.12. The predicted molar refractivity (Wildman–Crippen MR) is 64.0 cm³/mol. The van der Waals surface area contributed by atoms with Gasteiger partial charge in [0.25, 0.3) is 0 Å². The van der Waals surface area contributed by atoms with Gasteiger partial charge in [0, 0.05) is 24.3 Å². The second-order valence-electron chi connectivity index (χ2n) is 4.31. The average Bonchev–Trinajstić information content (AvgIpc) is 2.76. The number of aliphatic carboxylic acids is 1. The Morgan fingerprint density at radius 1 is 1.59 bits per heavy atom. The van der Waals surface area contributed by atoms with E-state index in [1.807, 2.05) is 13.0 Å². The minimum Gasteiger partial charge on any atom is -0.481 e. The van der Waals surface area contributed by atoms with Gasteiger partial charge in [-0.15, -0.1) is 0 Å². The Labute approximate surface area is 100 Å². The number of carboxylic acids is 1. The van der Waals surface area contributed by atoms with Crippen LogP contribution in [0.5, 0.6) is 0 Å². The molecule has 0 spiro atoms. The van der Waals surface area contributed by atoms with E-state index in [0.29, 0.717) is 0 Å². The molecule has 0 aromatic carbocycles. The van der Waals surface area contributed by atoms with Gasteiger partial charge in [-0.3, -0.25) is 4.79 Å². The molecular formula is C12H17N3O2. The normalized spacial score (nSPS) is 19.6. The molecule has 1 aliphatic heterocycles. The van der Waals surface area contributed by atoms with Crippen molar-refractivity contribution in [1.82, 2.24) is 9.97 Å². The highest BCUT2D eigenvalue weighted by atomic mass is 16.4. The zero-order valence-electron chi connectivity index (χ0n) is 9.96. The zero-order valence-corrected chi connectivity index (χ0v) is 9.96. The van der Waals surface area contributed by atoms with Crippen LogP contribution in [0, 0.1) is 0 Å². The van der Waals surface area contributed by atoms with Crippen molar-refractivity contribution in [2.24, 2.45) is 0 Å². The molecule has 1 unspecified atom stereocenters. The molecule has 0 bridgehead atoms. The molecule has 1 aromatic heterocycles. The van der Waals surface area contributed by atoms with Crippen LogP contribution in [0.15, 0.2) is 12.4 Å². The highest BCUT2D eigenvalue weighted by molar-refractivity contribution is 5.68. The number of hydrogen-bond acceptors (Lipinski definition) is 4. The summed E-state index contributed by atoms with van der Waals surface area (Å²) in [6.07, 6.45) is 4.57. The summed E-state index contributed by atoms with van der Waals surface area (Å²) in [5.74, 6) is 0.118. The summed E-state index contributed by atoms with van der Waals surface area (Å²) in [6.45, 7) is 2.93. The molecule has 5 nitrogen and oxygen atoms in total. The first kappa shape index (κ1) is 11.8. The molecule has 1 aliphatic rings. The van der Waals surface area contributed by atoms with E-state index in [2.05, 4.69) is 14.9 Å². The molecule has 0 saturated carbocycles. The molecule has 5 heteroatoms. The van der Waals surface area contributed by atoms with Gasteiger partial charge in [0.2, 0.25) is 0 Å².